The summed E-state index contributed by atoms with van der Waals surface area (Å²) in [5.74, 6) is -1.57. The molecule has 642 valence electrons. The number of phosphoric acid groups is 2. The van der Waals surface area contributed by atoms with Crippen LogP contribution in [0.1, 0.15) is 393 Å². The summed E-state index contributed by atoms with van der Waals surface area (Å²) in [4.78, 5) is 58.7. The SMILES string of the molecule is CC/C=C\C/C=C\C/C=C\C/C=C\C/C=C\CCCCCCCCCCCCCCCCCCCCCC(=O)OCC(O)COP(=O)(O)OCC(O)COP(=O)(O)OCC(COC(=O)CCCCCCCCCCCCCCC/C=C\C/C=C\C/C=C\C/C=C\CCCCC)OC(=O)CCCCCCC/C=C\CCCC. The standard InChI is InChI=1S/C93H164O16P2/c1-4-7-10-13-16-19-22-24-26-28-30-32-34-36-38-40-41-42-43-44-45-47-49-50-52-54-56-58-60-62-65-67-70-73-76-79-91(96)103-82-88(94)83-105-110(99,100)106-84-89(95)85-107-111(101,102)108-87-90(109-93(98)81-78-75-72-69-64-21-18-15-12-9-6-3)86-104-92(97)80-77-74-71-68-66-63-61-59-57-55-53-51-48-46-39-37-35-33-31-29-27-25-23-20-17-14-11-8-5-2/h7,10,15-20,24-27,30-33,36-39,88-90,94-95H,4-6,8-9,11-14,21-23,28-29,34-35,40-87H2,1-3H3,(H,99,100)(H,101,102)/b10-7-,18-15-,19-16-,20-17-,26-24-,27-25-,32-30-,33-31-,38-36-,39-37-. The Morgan fingerprint density at radius 1 is 0.261 bits per heavy atom. The molecule has 5 unspecified atom stereocenters. The molecule has 0 aromatic heterocycles. The van der Waals surface area contributed by atoms with Gasteiger partial charge in [-0.1, -0.05) is 367 Å². The number of unbranched alkanes of at least 4 members (excludes halogenated alkanes) is 42. The van der Waals surface area contributed by atoms with Gasteiger partial charge in [0.1, 0.15) is 25.4 Å². The summed E-state index contributed by atoms with van der Waals surface area (Å²) in [6.45, 7) is 2.54. The van der Waals surface area contributed by atoms with Crippen molar-refractivity contribution in [1.82, 2.24) is 0 Å². The molecule has 0 fully saturated rings. The molecule has 18 heteroatoms. The van der Waals surface area contributed by atoms with E-state index < -0.39 is 91.5 Å². The fourth-order valence-corrected chi connectivity index (χ4v) is 13.9. The number of aliphatic hydroxyl groups excluding tert-OH is 2. The first-order valence-corrected chi connectivity index (χ1v) is 47.8. The van der Waals surface area contributed by atoms with E-state index in [4.69, 9.17) is 32.3 Å². The molecule has 5 atom stereocenters. The average Bonchev–Trinajstić information content (AvgIpc) is 0.898. The molecule has 0 saturated carbocycles. The maximum absolute atomic E-state index is 12.9. The minimum Gasteiger partial charge on any atom is -0.463 e. The van der Waals surface area contributed by atoms with E-state index in [2.05, 4.69) is 142 Å². The zero-order chi connectivity index (χ0) is 80.8. The van der Waals surface area contributed by atoms with E-state index in [1.54, 1.807) is 0 Å². The van der Waals surface area contributed by atoms with E-state index in [1.807, 2.05) is 0 Å². The minimum atomic E-state index is -4.93. The Labute approximate surface area is 678 Å². The number of aliphatic hydroxyl groups is 2. The Balaban J connectivity index is 4.32. The smallest absolute Gasteiger partial charge is 0.463 e. The Bertz CT molecular complexity index is 2500. The number of hydrogen-bond donors (Lipinski definition) is 4. The molecule has 4 N–H and O–H groups in total. The normalized spacial score (nSPS) is 14.4. The third kappa shape index (κ3) is 86.6. The van der Waals surface area contributed by atoms with Crippen molar-refractivity contribution >= 4 is 33.6 Å². The van der Waals surface area contributed by atoms with Crippen LogP contribution in [0, 0.1) is 0 Å². The number of esters is 3. The number of ether oxygens (including phenoxy) is 3. The third-order valence-electron chi connectivity index (χ3n) is 19.1. The van der Waals surface area contributed by atoms with Crippen molar-refractivity contribution < 1.29 is 75.8 Å². The van der Waals surface area contributed by atoms with Crippen LogP contribution in [0.4, 0.5) is 0 Å². The Morgan fingerprint density at radius 2 is 0.486 bits per heavy atom. The van der Waals surface area contributed by atoms with Gasteiger partial charge in [0, 0.05) is 19.3 Å². The van der Waals surface area contributed by atoms with E-state index in [-0.39, 0.29) is 19.3 Å². The van der Waals surface area contributed by atoms with Crippen molar-refractivity contribution in [2.45, 2.75) is 411 Å². The van der Waals surface area contributed by atoms with Gasteiger partial charge in [0.25, 0.3) is 0 Å². The minimum absolute atomic E-state index is 0.0947. The zero-order valence-electron chi connectivity index (χ0n) is 70.6. The van der Waals surface area contributed by atoms with Crippen LogP contribution in [0.2, 0.25) is 0 Å². The lowest BCUT2D eigenvalue weighted by molar-refractivity contribution is -0.161. The van der Waals surface area contributed by atoms with E-state index >= 15 is 0 Å². The maximum Gasteiger partial charge on any atom is 0.472 e. The van der Waals surface area contributed by atoms with Gasteiger partial charge in [0.05, 0.1) is 26.4 Å². The second kappa shape index (κ2) is 85.3. The fraction of sp³-hybridized carbons (Fsp3) is 0.753. The molecule has 0 aliphatic heterocycles. The molecule has 0 bridgehead atoms. The van der Waals surface area contributed by atoms with Crippen LogP contribution in [-0.2, 0) is 55.8 Å². The molecular formula is C93H164O16P2. The second-order valence-electron chi connectivity index (χ2n) is 30.0. The van der Waals surface area contributed by atoms with Crippen molar-refractivity contribution in [3.63, 3.8) is 0 Å². The lowest BCUT2D eigenvalue weighted by Crippen LogP contribution is -2.30. The molecule has 0 aromatic rings. The van der Waals surface area contributed by atoms with Crippen molar-refractivity contribution in [2.24, 2.45) is 0 Å². The Hall–Kier alpha value is -4.05. The van der Waals surface area contributed by atoms with Crippen LogP contribution in [0.3, 0.4) is 0 Å². The third-order valence-corrected chi connectivity index (χ3v) is 21.0. The van der Waals surface area contributed by atoms with Gasteiger partial charge in [-0.15, -0.1) is 0 Å². The summed E-state index contributed by atoms with van der Waals surface area (Å²) in [6.07, 6.45) is 104. The van der Waals surface area contributed by atoms with Crippen molar-refractivity contribution in [3.05, 3.63) is 122 Å². The summed E-state index contributed by atoms with van der Waals surface area (Å²) < 4.78 is 61.2. The fourth-order valence-electron chi connectivity index (χ4n) is 12.3. The highest BCUT2D eigenvalue weighted by Crippen LogP contribution is 2.45. The van der Waals surface area contributed by atoms with Gasteiger partial charge in [-0.25, -0.2) is 9.13 Å². The molecule has 0 heterocycles. The van der Waals surface area contributed by atoms with Crippen LogP contribution in [0.5, 0.6) is 0 Å². The first-order valence-electron chi connectivity index (χ1n) is 44.8. The highest BCUT2D eigenvalue weighted by Gasteiger charge is 2.29. The van der Waals surface area contributed by atoms with Crippen molar-refractivity contribution in [3.8, 4) is 0 Å². The molecule has 0 amide bonds. The van der Waals surface area contributed by atoms with E-state index in [0.717, 1.165) is 135 Å². The molecule has 0 spiro atoms. The summed E-state index contributed by atoms with van der Waals surface area (Å²) in [7, 11) is -9.79. The predicted octanol–water partition coefficient (Wildman–Crippen LogP) is 27.2. The molecule has 16 nitrogen and oxygen atoms in total. The second-order valence-corrected chi connectivity index (χ2v) is 32.9. The highest BCUT2D eigenvalue weighted by molar-refractivity contribution is 7.47. The Kier molecular flexibility index (Phi) is 82.2. The van der Waals surface area contributed by atoms with Crippen LogP contribution in [-0.4, -0.2) is 95.9 Å². The van der Waals surface area contributed by atoms with Gasteiger partial charge in [-0.3, -0.25) is 32.5 Å². The van der Waals surface area contributed by atoms with Gasteiger partial charge in [0.15, 0.2) is 6.10 Å². The molecule has 0 saturated heterocycles. The number of phosphoric ester groups is 2. The summed E-state index contributed by atoms with van der Waals surface area (Å²) in [5.41, 5.74) is 0. The predicted molar refractivity (Wildman–Crippen MR) is 463 cm³/mol. The van der Waals surface area contributed by atoms with Gasteiger partial charge in [0.2, 0.25) is 0 Å². The van der Waals surface area contributed by atoms with E-state index in [1.165, 1.54) is 199 Å². The maximum atomic E-state index is 12.9. The number of carbonyl (C=O) groups is 3. The molecule has 0 radical (unpaired) electrons. The number of hydrogen-bond acceptors (Lipinski definition) is 14. The number of rotatable bonds is 85. The van der Waals surface area contributed by atoms with Crippen molar-refractivity contribution in [2.75, 3.05) is 39.6 Å². The number of carbonyl (C=O) groups excluding carboxylic acids is 3. The van der Waals surface area contributed by atoms with Crippen LogP contribution >= 0.6 is 15.6 Å². The number of allylic oxidation sites excluding steroid dienone is 20. The van der Waals surface area contributed by atoms with Gasteiger partial charge in [-0.05, 0) is 128 Å². The van der Waals surface area contributed by atoms with Gasteiger partial charge >= 0.3 is 33.6 Å². The summed E-state index contributed by atoms with van der Waals surface area (Å²) in [6, 6.07) is 0. The van der Waals surface area contributed by atoms with Crippen LogP contribution in [0.15, 0.2) is 122 Å². The molecule has 0 aromatic carbocycles. The lowest BCUT2D eigenvalue weighted by atomic mass is 10.0. The quantitative estimate of drug-likeness (QED) is 0.0146. The summed E-state index contributed by atoms with van der Waals surface area (Å²) in [5, 5.41) is 20.7. The van der Waals surface area contributed by atoms with Crippen LogP contribution < -0.4 is 0 Å². The largest absolute Gasteiger partial charge is 0.472 e. The average molecular weight is 1600 g/mol. The van der Waals surface area contributed by atoms with Gasteiger partial charge in [-0.2, -0.15) is 0 Å². The molecule has 0 aliphatic rings. The monoisotopic (exact) mass is 1600 g/mol. The first kappa shape index (κ1) is 107. The van der Waals surface area contributed by atoms with E-state index in [0.29, 0.717) is 19.3 Å². The molecule has 0 rings (SSSR count). The zero-order valence-corrected chi connectivity index (χ0v) is 72.4. The Morgan fingerprint density at radius 3 is 0.793 bits per heavy atom. The lowest BCUT2D eigenvalue weighted by Gasteiger charge is -2.21. The molecule has 0 aliphatic carbocycles. The molecule has 111 heavy (non-hydrogen) atoms. The van der Waals surface area contributed by atoms with Gasteiger partial charge < -0.3 is 34.2 Å². The topological polar surface area (TPSA) is 231 Å². The molecular weight excluding hydrogens is 1430 g/mol. The first-order chi connectivity index (χ1) is 54.2. The highest BCUT2D eigenvalue weighted by atomic mass is 31.2. The summed E-state index contributed by atoms with van der Waals surface area (Å²) >= 11 is 0. The van der Waals surface area contributed by atoms with Crippen molar-refractivity contribution in [1.29, 1.82) is 0 Å². The van der Waals surface area contributed by atoms with Crippen LogP contribution in [0.25, 0.3) is 0 Å². The van der Waals surface area contributed by atoms with E-state index in [9.17, 15) is 43.5 Å².